The smallest absolute Gasteiger partial charge is 0.318 e. The fourth-order valence-electron chi connectivity index (χ4n) is 2.96. The number of anilines is 1. The summed E-state index contributed by atoms with van der Waals surface area (Å²) in [7, 11) is 0. The van der Waals surface area contributed by atoms with Crippen molar-refractivity contribution in [3.05, 3.63) is 102 Å². The van der Waals surface area contributed by atoms with E-state index in [2.05, 4.69) is 5.32 Å². The van der Waals surface area contributed by atoms with Gasteiger partial charge < -0.3 is 10.1 Å². The van der Waals surface area contributed by atoms with Crippen LogP contribution >= 0.6 is 0 Å². The molecule has 0 aliphatic heterocycles. The van der Waals surface area contributed by atoms with Gasteiger partial charge >= 0.3 is 5.97 Å². The lowest BCUT2D eigenvalue weighted by molar-refractivity contribution is -0.153. The summed E-state index contributed by atoms with van der Waals surface area (Å²) in [6.07, 6.45) is -0.997. The summed E-state index contributed by atoms with van der Waals surface area (Å²) in [6, 6.07) is 27.2. The Morgan fingerprint density at radius 2 is 1.48 bits per heavy atom. The summed E-state index contributed by atoms with van der Waals surface area (Å²) in [6.45, 7) is 1.52. The van der Waals surface area contributed by atoms with Crippen LogP contribution in [0.25, 0.3) is 0 Å². The minimum absolute atomic E-state index is 0.431. The molecule has 3 rings (SSSR count). The second kappa shape index (κ2) is 9.34. The first-order valence-electron chi connectivity index (χ1n) is 9.20. The SMILES string of the molecule is C[C@H](OC(=O)C(c1ccccc1)c1ccccc1)C(=O)Nc1cccc(C#N)c1. The fraction of sp³-hybridized carbons (Fsp3) is 0.125. The van der Waals surface area contributed by atoms with Gasteiger partial charge in [0.05, 0.1) is 11.6 Å². The van der Waals surface area contributed by atoms with Gasteiger partial charge in [-0.3, -0.25) is 9.59 Å². The van der Waals surface area contributed by atoms with Gasteiger partial charge in [-0.05, 0) is 36.2 Å². The standard InChI is InChI=1S/C24H20N2O3/c1-17(23(27)26-21-14-8-9-18(15-21)16-25)29-24(28)22(19-10-4-2-5-11-19)20-12-6-3-7-13-20/h2-15,17,22H,1H3,(H,26,27)/t17-/m0/s1. The highest BCUT2D eigenvalue weighted by atomic mass is 16.5. The van der Waals surface area contributed by atoms with Gasteiger partial charge in [0.25, 0.3) is 5.91 Å². The zero-order valence-corrected chi connectivity index (χ0v) is 15.9. The summed E-state index contributed by atoms with van der Waals surface area (Å²) < 4.78 is 5.50. The van der Waals surface area contributed by atoms with Crippen molar-refractivity contribution in [3.8, 4) is 6.07 Å². The summed E-state index contributed by atoms with van der Waals surface area (Å²) in [5.74, 6) is -1.60. The number of carbonyl (C=O) groups excluding carboxylic acids is 2. The first-order valence-corrected chi connectivity index (χ1v) is 9.20. The van der Waals surface area contributed by atoms with Crippen molar-refractivity contribution in [2.24, 2.45) is 0 Å². The van der Waals surface area contributed by atoms with Crippen molar-refractivity contribution in [1.29, 1.82) is 5.26 Å². The molecule has 0 heterocycles. The number of nitrogens with one attached hydrogen (secondary N) is 1. The lowest BCUT2D eigenvalue weighted by atomic mass is 9.91. The number of nitrogens with zero attached hydrogens (tertiary/aromatic N) is 1. The van der Waals surface area contributed by atoms with E-state index in [0.717, 1.165) is 11.1 Å². The van der Waals surface area contributed by atoms with Gasteiger partial charge in [0.15, 0.2) is 6.10 Å². The molecule has 5 nitrogen and oxygen atoms in total. The van der Waals surface area contributed by atoms with Crippen molar-refractivity contribution in [2.75, 3.05) is 5.32 Å². The number of hydrogen-bond acceptors (Lipinski definition) is 4. The van der Waals surface area contributed by atoms with E-state index in [1.54, 1.807) is 24.3 Å². The van der Waals surface area contributed by atoms with Crippen molar-refractivity contribution in [2.45, 2.75) is 18.9 Å². The number of amides is 1. The Kier molecular flexibility index (Phi) is 6.39. The van der Waals surface area contributed by atoms with Gasteiger partial charge in [-0.1, -0.05) is 66.7 Å². The number of hydrogen-bond donors (Lipinski definition) is 1. The maximum atomic E-state index is 13.0. The highest BCUT2D eigenvalue weighted by Crippen LogP contribution is 2.26. The zero-order valence-electron chi connectivity index (χ0n) is 15.9. The topological polar surface area (TPSA) is 79.2 Å². The molecule has 1 N–H and O–H groups in total. The van der Waals surface area contributed by atoms with Crippen LogP contribution in [0.4, 0.5) is 5.69 Å². The third-order valence-corrected chi connectivity index (χ3v) is 4.42. The van der Waals surface area contributed by atoms with Crippen molar-refractivity contribution in [1.82, 2.24) is 0 Å². The van der Waals surface area contributed by atoms with E-state index in [0.29, 0.717) is 11.3 Å². The Labute approximate surface area is 169 Å². The van der Waals surface area contributed by atoms with Gasteiger partial charge in [-0.15, -0.1) is 0 Å². The van der Waals surface area contributed by atoms with Crippen LogP contribution < -0.4 is 5.32 Å². The molecular formula is C24H20N2O3. The fourth-order valence-corrected chi connectivity index (χ4v) is 2.96. The predicted molar refractivity (Wildman–Crippen MR) is 110 cm³/mol. The first-order chi connectivity index (χ1) is 14.1. The average Bonchev–Trinajstić information content (AvgIpc) is 2.75. The van der Waals surface area contributed by atoms with Crippen molar-refractivity contribution < 1.29 is 14.3 Å². The monoisotopic (exact) mass is 384 g/mol. The quantitative estimate of drug-likeness (QED) is 0.644. The van der Waals surface area contributed by atoms with E-state index >= 15 is 0 Å². The van der Waals surface area contributed by atoms with Crippen LogP contribution in [0, 0.1) is 11.3 Å². The molecule has 0 bridgehead atoms. The molecule has 29 heavy (non-hydrogen) atoms. The van der Waals surface area contributed by atoms with Crippen molar-refractivity contribution in [3.63, 3.8) is 0 Å². The number of ether oxygens (including phenoxy) is 1. The maximum Gasteiger partial charge on any atom is 0.318 e. The van der Waals surface area contributed by atoms with Gasteiger partial charge in [-0.2, -0.15) is 5.26 Å². The van der Waals surface area contributed by atoms with Gasteiger partial charge in [-0.25, -0.2) is 0 Å². The Balaban J connectivity index is 1.75. The molecule has 0 aliphatic carbocycles. The highest BCUT2D eigenvalue weighted by molar-refractivity contribution is 5.96. The summed E-state index contributed by atoms with van der Waals surface area (Å²) in [5.41, 5.74) is 2.48. The molecule has 0 saturated heterocycles. The van der Waals surface area contributed by atoms with Gasteiger partial charge in [0.2, 0.25) is 0 Å². The lowest BCUT2D eigenvalue weighted by Gasteiger charge is -2.20. The van der Waals surface area contributed by atoms with E-state index in [-0.39, 0.29) is 0 Å². The number of rotatable bonds is 6. The normalized spacial score (nSPS) is 11.3. The largest absolute Gasteiger partial charge is 0.452 e. The van der Waals surface area contributed by atoms with E-state index in [4.69, 9.17) is 10.00 Å². The van der Waals surface area contributed by atoms with Crippen LogP contribution in [0.3, 0.4) is 0 Å². The number of nitriles is 1. The van der Waals surface area contributed by atoms with Crippen molar-refractivity contribution >= 4 is 17.6 Å². The van der Waals surface area contributed by atoms with Crippen LogP contribution in [-0.2, 0) is 14.3 Å². The van der Waals surface area contributed by atoms with Gasteiger partial charge in [0.1, 0.15) is 5.92 Å². The molecule has 3 aromatic carbocycles. The molecule has 1 amide bonds. The zero-order chi connectivity index (χ0) is 20.6. The Morgan fingerprint density at radius 3 is 2.03 bits per heavy atom. The summed E-state index contributed by atoms with van der Waals surface area (Å²) >= 11 is 0. The molecule has 0 spiro atoms. The molecule has 0 saturated carbocycles. The van der Waals surface area contributed by atoms with Gasteiger partial charge in [0, 0.05) is 5.69 Å². The Morgan fingerprint density at radius 1 is 0.897 bits per heavy atom. The molecular weight excluding hydrogens is 364 g/mol. The number of benzene rings is 3. The molecule has 0 aliphatic rings. The minimum Gasteiger partial charge on any atom is -0.452 e. The van der Waals surface area contributed by atoms with E-state index in [1.165, 1.54) is 6.92 Å². The second-order valence-corrected chi connectivity index (χ2v) is 6.52. The highest BCUT2D eigenvalue weighted by Gasteiger charge is 2.27. The molecule has 144 valence electrons. The minimum atomic E-state index is -0.997. The summed E-state index contributed by atoms with van der Waals surface area (Å²) in [4.78, 5) is 25.4. The Hall–Kier alpha value is -3.91. The summed E-state index contributed by atoms with van der Waals surface area (Å²) in [5, 5.41) is 11.6. The lowest BCUT2D eigenvalue weighted by Crippen LogP contribution is -2.32. The van der Waals surface area contributed by atoms with Crippen LogP contribution in [0.15, 0.2) is 84.9 Å². The third kappa shape index (κ3) is 5.08. The molecule has 5 heteroatoms. The van der Waals surface area contributed by atoms with Crippen LogP contribution in [-0.4, -0.2) is 18.0 Å². The number of esters is 1. The number of carbonyl (C=O) groups is 2. The van der Waals surface area contributed by atoms with E-state index < -0.39 is 23.9 Å². The maximum absolute atomic E-state index is 13.0. The first kappa shape index (κ1) is 19.8. The van der Waals surface area contributed by atoms with Crippen LogP contribution in [0.1, 0.15) is 29.5 Å². The second-order valence-electron chi connectivity index (χ2n) is 6.52. The molecule has 1 atom stereocenters. The molecule has 3 aromatic rings. The molecule has 0 fully saturated rings. The average molecular weight is 384 g/mol. The third-order valence-electron chi connectivity index (χ3n) is 4.42. The predicted octanol–water partition coefficient (Wildman–Crippen LogP) is 4.26. The molecule has 0 aromatic heterocycles. The van der Waals surface area contributed by atoms with Crippen LogP contribution in [0.5, 0.6) is 0 Å². The Bertz CT molecular complexity index is 987. The molecule has 0 unspecified atom stereocenters. The molecule has 0 radical (unpaired) electrons. The van der Waals surface area contributed by atoms with Crippen LogP contribution in [0.2, 0.25) is 0 Å². The van der Waals surface area contributed by atoms with E-state index in [9.17, 15) is 9.59 Å². The van der Waals surface area contributed by atoms with E-state index in [1.807, 2.05) is 66.7 Å².